The molecule has 0 saturated heterocycles. The molecule has 0 radical (unpaired) electrons. The van der Waals surface area contributed by atoms with Gasteiger partial charge in [0.1, 0.15) is 0 Å². The van der Waals surface area contributed by atoms with Crippen LogP contribution in [0.15, 0.2) is 60.8 Å². The minimum Gasteiger partial charge on any atom is -0.289 e. The number of fused-ring (bicyclic) bond motifs is 5. The van der Waals surface area contributed by atoms with Crippen molar-refractivity contribution in [2.75, 3.05) is 0 Å². The first-order valence-corrected chi connectivity index (χ1v) is 8.94. The Balaban J connectivity index is 1.77. The number of aromatic nitrogens is 1. The number of ketones is 1. The van der Waals surface area contributed by atoms with Gasteiger partial charge in [0.05, 0.1) is 5.69 Å². The molecule has 2 nitrogen and oxygen atoms in total. The molecule has 1 heterocycles. The van der Waals surface area contributed by atoms with Crippen LogP contribution in [0.2, 0.25) is 0 Å². The van der Waals surface area contributed by atoms with E-state index >= 15 is 0 Å². The van der Waals surface area contributed by atoms with Gasteiger partial charge in [0, 0.05) is 32.4 Å². The molecule has 4 aromatic rings. The number of carbonyl (C=O) groups excluding carboxylic acids is 1. The summed E-state index contributed by atoms with van der Waals surface area (Å²) >= 11 is 0. The van der Waals surface area contributed by atoms with Crippen molar-refractivity contribution in [1.29, 1.82) is 0 Å². The van der Waals surface area contributed by atoms with E-state index < -0.39 is 6.85 Å². The van der Waals surface area contributed by atoms with Gasteiger partial charge < -0.3 is 0 Å². The number of carbonyl (C=O) groups is 1. The van der Waals surface area contributed by atoms with Gasteiger partial charge in [-0.1, -0.05) is 53.1 Å². The van der Waals surface area contributed by atoms with Crippen molar-refractivity contribution in [3.63, 3.8) is 0 Å². The van der Waals surface area contributed by atoms with Crippen molar-refractivity contribution >= 4 is 16.6 Å². The highest BCUT2D eigenvalue weighted by molar-refractivity contribution is 6.28. The van der Waals surface area contributed by atoms with E-state index in [0.717, 1.165) is 44.2 Å². The van der Waals surface area contributed by atoms with E-state index in [1.54, 1.807) is 18.3 Å². The van der Waals surface area contributed by atoms with Crippen LogP contribution < -0.4 is 0 Å². The number of pyridine rings is 1. The topological polar surface area (TPSA) is 30.0 Å². The number of hydrogen-bond acceptors (Lipinski definition) is 2. The van der Waals surface area contributed by atoms with Crippen molar-refractivity contribution in [1.82, 2.24) is 4.98 Å². The number of benzene rings is 3. The minimum atomic E-state index is -2.19. The second-order valence-electron chi connectivity index (χ2n) is 7.21. The van der Waals surface area contributed by atoms with Gasteiger partial charge in [-0.2, -0.15) is 0 Å². The Kier molecular flexibility index (Phi) is 2.70. The average molecular weight is 352 g/mol. The van der Waals surface area contributed by atoms with E-state index in [1.165, 1.54) is 0 Å². The average Bonchev–Trinajstić information content (AvgIpc) is 2.98. The number of aryl methyl sites for hydroxylation is 3. The van der Waals surface area contributed by atoms with E-state index in [4.69, 9.17) is 4.11 Å². The Bertz CT molecular complexity index is 1370. The Morgan fingerprint density at radius 1 is 0.778 bits per heavy atom. The number of hydrogen-bond donors (Lipinski definition) is 0. The summed E-state index contributed by atoms with van der Waals surface area (Å²) in [7, 11) is 0. The molecule has 0 bridgehead atoms. The van der Waals surface area contributed by atoms with Gasteiger partial charge in [0.15, 0.2) is 5.78 Å². The molecular weight excluding hydrogens is 330 g/mol. The highest BCUT2D eigenvalue weighted by Crippen LogP contribution is 2.42. The third-order valence-electron chi connectivity index (χ3n) is 5.23. The maximum atomic E-state index is 13.2. The second kappa shape index (κ2) is 5.62. The molecule has 0 atom stereocenters. The van der Waals surface area contributed by atoms with Crippen LogP contribution in [0.3, 0.4) is 0 Å². The third-order valence-corrected chi connectivity index (χ3v) is 5.23. The van der Waals surface area contributed by atoms with Crippen LogP contribution >= 0.6 is 0 Å². The van der Waals surface area contributed by atoms with Crippen LogP contribution in [0, 0.1) is 20.7 Å². The molecule has 3 aromatic carbocycles. The number of rotatable bonds is 1. The van der Waals surface area contributed by atoms with E-state index in [-0.39, 0.29) is 11.3 Å². The van der Waals surface area contributed by atoms with Gasteiger partial charge in [0.25, 0.3) is 0 Å². The molecule has 0 aliphatic heterocycles. The molecule has 2 heteroatoms. The molecule has 0 spiro atoms. The molecular formula is C25H19NO. The summed E-state index contributed by atoms with van der Waals surface area (Å²) in [6.07, 6.45) is 1.69. The zero-order chi connectivity index (χ0) is 21.2. The molecule has 1 aromatic heterocycles. The van der Waals surface area contributed by atoms with Crippen LogP contribution in [-0.2, 0) is 0 Å². The lowest BCUT2D eigenvalue weighted by Crippen LogP contribution is -1.97. The van der Waals surface area contributed by atoms with Gasteiger partial charge in [-0.3, -0.25) is 9.78 Å². The molecule has 0 N–H and O–H groups in total. The fraction of sp³-hybridized carbons (Fsp3) is 0.120. The molecule has 1 aliphatic carbocycles. The van der Waals surface area contributed by atoms with Crippen molar-refractivity contribution < 1.29 is 8.91 Å². The quantitative estimate of drug-likeness (QED) is 0.368. The Morgan fingerprint density at radius 3 is 2.44 bits per heavy atom. The number of nitrogens with zero attached hydrogens (tertiary/aromatic N) is 1. The zero-order valence-corrected chi connectivity index (χ0v) is 15.1. The van der Waals surface area contributed by atoms with E-state index in [1.807, 2.05) is 50.2 Å². The SMILES string of the molecule is [2H]C([2H])([2H])c1cc(C)cc(-c2nccc3c4c(ccc23)-c2cc(C)ccc2C4=O)c1. The molecule has 130 valence electrons. The highest BCUT2D eigenvalue weighted by Gasteiger charge is 2.29. The first-order valence-electron chi connectivity index (χ1n) is 10.4. The maximum absolute atomic E-state index is 13.2. The smallest absolute Gasteiger partial charge is 0.194 e. The predicted octanol–water partition coefficient (Wildman–Crippen LogP) is 6.04. The lowest BCUT2D eigenvalue weighted by atomic mass is 9.95. The third kappa shape index (κ3) is 2.33. The van der Waals surface area contributed by atoms with Gasteiger partial charge >= 0.3 is 0 Å². The zero-order valence-electron chi connectivity index (χ0n) is 18.1. The highest BCUT2D eigenvalue weighted by atomic mass is 16.1. The first kappa shape index (κ1) is 13.0. The van der Waals surface area contributed by atoms with Gasteiger partial charge in [0.2, 0.25) is 0 Å². The maximum Gasteiger partial charge on any atom is 0.194 e. The molecule has 0 amide bonds. The summed E-state index contributed by atoms with van der Waals surface area (Å²) in [4.78, 5) is 17.8. The van der Waals surface area contributed by atoms with Crippen LogP contribution in [0.5, 0.6) is 0 Å². The fourth-order valence-corrected chi connectivity index (χ4v) is 4.09. The normalized spacial score (nSPS) is 14.4. The standard InChI is InChI=1S/C25H19NO/c1-14-4-5-21-22(13-14)18-6-7-20-19(23(18)25(21)27)8-9-26-24(20)17-11-15(2)10-16(3)12-17/h4-13H,1-3H3/i2D3. The summed E-state index contributed by atoms with van der Waals surface area (Å²) < 4.78 is 23.3. The fourth-order valence-electron chi connectivity index (χ4n) is 4.09. The summed E-state index contributed by atoms with van der Waals surface area (Å²) in [5, 5.41) is 1.68. The summed E-state index contributed by atoms with van der Waals surface area (Å²) in [5.41, 5.74) is 7.01. The van der Waals surface area contributed by atoms with Crippen molar-refractivity contribution in [2.45, 2.75) is 20.7 Å². The Morgan fingerprint density at radius 2 is 1.59 bits per heavy atom. The van der Waals surface area contributed by atoms with E-state index in [2.05, 4.69) is 11.1 Å². The summed E-state index contributed by atoms with van der Waals surface area (Å²) in [6.45, 7) is 1.71. The monoisotopic (exact) mass is 352 g/mol. The van der Waals surface area contributed by atoms with Gasteiger partial charge in [-0.25, -0.2) is 0 Å². The van der Waals surface area contributed by atoms with Crippen molar-refractivity contribution in [3.05, 3.63) is 88.6 Å². The molecule has 0 saturated carbocycles. The summed E-state index contributed by atoms with van der Waals surface area (Å²) in [5.74, 6) is 0.0233. The summed E-state index contributed by atoms with van der Waals surface area (Å²) in [6, 6.07) is 17.0. The Hall–Kier alpha value is -3.26. The van der Waals surface area contributed by atoms with Crippen LogP contribution in [-0.4, -0.2) is 10.8 Å². The molecule has 5 rings (SSSR count). The van der Waals surface area contributed by atoms with E-state index in [0.29, 0.717) is 11.3 Å². The van der Waals surface area contributed by atoms with E-state index in [9.17, 15) is 4.79 Å². The van der Waals surface area contributed by atoms with Crippen LogP contribution in [0.25, 0.3) is 33.2 Å². The molecule has 0 fully saturated rings. The lowest BCUT2D eigenvalue weighted by Gasteiger charge is -2.11. The van der Waals surface area contributed by atoms with Crippen LogP contribution in [0.4, 0.5) is 0 Å². The van der Waals surface area contributed by atoms with Gasteiger partial charge in [-0.15, -0.1) is 0 Å². The second-order valence-corrected chi connectivity index (χ2v) is 7.21. The molecule has 0 unspecified atom stereocenters. The minimum absolute atomic E-state index is 0.0233. The largest absolute Gasteiger partial charge is 0.289 e. The molecule has 27 heavy (non-hydrogen) atoms. The predicted molar refractivity (Wildman–Crippen MR) is 110 cm³/mol. The molecule has 1 aliphatic rings. The van der Waals surface area contributed by atoms with Crippen LogP contribution in [0.1, 0.15) is 36.7 Å². The van der Waals surface area contributed by atoms with Crippen molar-refractivity contribution in [3.8, 4) is 22.4 Å². The Labute approximate surface area is 162 Å². The van der Waals surface area contributed by atoms with Gasteiger partial charge in [-0.05, 0) is 55.4 Å². The lowest BCUT2D eigenvalue weighted by molar-refractivity contribution is 0.104. The first-order chi connectivity index (χ1) is 14.2. The van der Waals surface area contributed by atoms with Crippen molar-refractivity contribution in [2.24, 2.45) is 0 Å².